The summed E-state index contributed by atoms with van der Waals surface area (Å²) >= 11 is 0. The van der Waals surface area contributed by atoms with Crippen molar-refractivity contribution in [2.45, 2.75) is 32.2 Å². The number of carbonyl (C=O) groups excluding carboxylic acids is 1. The first-order chi connectivity index (χ1) is 10.1. The van der Waals surface area contributed by atoms with Gasteiger partial charge in [-0.15, -0.1) is 0 Å². The van der Waals surface area contributed by atoms with Gasteiger partial charge in [0.2, 0.25) is 0 Å². The summed E-state index contributed by atoms with van der Waals surface area (Å²) in [6.07, 6.45) is 2.07. The van der Waals surface area contributed by atoms with Gasteiger partial charge in [-0.05, 0) is 12.3 Å². The lowest BCUT2D eigenvalue weighted by Crippen LogP contribution is -2.37. The molecule has 0 bridgehead atoms. The summed E-state index contributed by atoms with van der Waals surface area (Å²) in [5, 5.41) is 5.97. The minimum atomic E-state index is -0.385. The van der Waals surface area contributed by atoms with E-state index >= 15 is 0 Å². The van der Waals surface area contributed by atoms with Gasteiger partial charge < -0.3 is 20.3 Å². The van der Waals surface area contributed by atoms with Crippen molar-refractivity contribution in [1.29, 1.82) is 0 Å². The Morgan fingerprint density at radius 1 is 1.48 bits per heavy atom. The maximum Gasteiger partial charge on any atom is 0.407 e. The van der Waals surface area contributed by atoms with Crippen LogP contribution < -0.4 is 15.5 Å². The topological polar surface area (TPSA) is 79.4 Å². The first-order valence-electron chi connectivity index (χ1n) is 7.18. The molecule has 0 aliphatic carbocycles. The average Bonchev–Trinajstić information content (AvgIpc) is 2.94. The molecule has 0 saturated carbocycles. The lowest BCUT2D eigenvalue weighted by atomic mass is 10.0. The monoisotopic (exact) mass is 293 g/mol. The molecule has 0 spiro atoms. The minimum absolute atomic E-state index is 0.0884. The highest BCUT2D eigenvalue weighted by Crippen LogP contribution is 2.32. The van der Waals surface area contributed by atoms with E-state index < -0.39 is 0 Å². The fraction of sp³-hybridized carbons (Fsp3) is 0.643. The van der Waals surface area contributed by atoms with Crippen LogP contribution in [0.25, 0.3) is 0 Å². The van der Waals surface area contributed by atoms with Crippen molar-refractivity contribution < 1.29 is 9.53 Å². The van der Waals surface area contributed by atoms with Crippen LogP contribution in [0.15, 0.2) is 6.33 Å². The molecule has 1 aromatic heterocycles. The number of hydrogen-bond acceptors (Lipinski definition) is 6. The molecule has 7 heteroatoms. The Kier molecular flexibility index (Phi) is 4.82. The fourth-order valence-corrected chi connectivity index (χ4v) is 2.67. The van der Waals surface area contributed by atoms with Crippen molar-refractivity contribution in [3.8, 4) is 0 Å². The van der Waals surface area contributed by atoms with Gasteiger partial charge in [0.1, 0.15) is 18.0 Å². The molecule has 0 radical (unpaired) electrons. The van der Waals surface area contributed by atoms with E-state index in [0.29, 0.717) is 5.92 Å². The smallest absolute Gasteiger partial charge is 0.407 e. The molecule has 1 atom stereocenters. The van der Waals surface area contributed by atoms with Crippen LogP contribution in [0.5, 0.6) is 0 Å². The second-order valence-electron chi connectivity index (χ2n) is 5.43. The van der Waals surface area contributed by atoms with E-state index in [0.717, 1.165) is 36.7 Å². The van der Waals surface area contributed by atoms with Gasteiger partial charge in [0.05, 0.1) is 13.2 Å². The first kappa shape index (κ1) is 15.3. The number of aromatic nitrogens is 2. The lowest BCUT2D eigenvalue weighted by molar-refractivity contribution is 0.167. The van der Waals surface area contributed by atoms with Gasteiger partial charge in [0, 0.05) is 25.7 Å². The lowest BCUT2D eigenvalue weighted by Gasteiger charge is -2.23. The fourth-order valence-electron chi connectivity index (χ4n) is 2.67. The minimum Gasteiger partial charge on any atom is -0.453 e. The zero-order valence-electron chi connectivity index (χ0n) is 13.0. The molecule has 1 aliphatic heterocycles. The Hall–Kier alpha value is -2.05. The van der Waals surface area contributed by atoms with E-state index in [-0.39, 0.29) is 12.1 Å². The number of ether oxygens (including phenoxy) is 1. The molecular formula is C14H23N5O2. The number of carbonyl (C=O) groups is 1. The van der Waals surface area contributed by atoms with E-state index in [1.165, 1.54) is 7.11 Å². The van der Waals surface area contributed by atoms with Crippen LogP contribution in [0.4, 0.5) is 16.4 Å². The molecule has 1 aromatic rings. The molecule has 21 heavy (non-hydrogen) atoms. The maximum atomic E-state index is 11.3. The van der Waals surface area contributed by atoms with Gasteiger partial charge in [-0.25, -0.2) is 14.8 Å². The highest BCUT2D eigenvalue weighted by molar-refractivity contribution is 5.68. The second-order valence-corrected chi connectivity index (χ2v) is 5.43. The molecule has 1 aliphatic rings. The quantitative estimate of drug-likeness (QED) is 0.877. The standard InChI is InChI=1S/C14H23N5O2/c1-9(2)11-12(15-3)16-8-17-13(11)19-6-5-10(7-19)18-14(20)21-4/h8-10H,5-7H2,1-4H3,(H,18,20)(H,15,16,17). The van der Waals surface area contributed by atoms with Crippen molar-refractivity contribution in [1.82, 2.24) is 15.3 Å². The Balaban J connectivity index is 2.18. The summed E-state index contributed by atoms with van der Waals surface area (Å²) in [5.74, 6) is 2.12. The molecule has 1 unspecified atom stereocenters. The van der Waals surface area contributed by atoms with Crippen molar-refractivity contribution in [3.63, 3.8) is 0 Å². The molecule has 2 rings (SSSR count). The van der Waals surface area contributed by atoms with E-state index in [4.69, 9.17) is 0 Å². The van der Waals surface area contributed by atoms with Crippen LogP contribution >= 0.6 is 0 Å². The predicted molar refractivity (Wildman–Crippen MR) is 81.8 cm³/mol. The highest BCUT2D eigenvalue weighted by Gasteiger charge is 2.28. The third-order valence-electron chi connectivity index (χ3n) is 3.67. The van der Waals surface area contributed by atoms with Crippen molar-refractivity contribution in [2.24, 2.45) is 0 Å². The highest BCUT2D eigenvalue weighted by atomic mass is 16.5. The van der Waals surface area contributed by atoms with Crippen LogP contribution in [-0.4, -0.2) is 49.4 Å². The molecule has 7 nitrogen and oxygen atoms in total. The van der Waals surface area contributed by atoms with Crippen molar-refractivity contribution in [2.75, 3.05) is 37.5 Å². The van der Waals surface area contributed by atoms with Crippen LogP contribution in [0.2, 0.25) is 0 Å². The van der Waals surface area contributed by atoms with Crippen molar-refractivity contribution >= 4 is 17.7 Å². The summed E-state index contributed by atoms with van der Waals surface area (Å²) < 4.78 is 4.65. The van der Waals surface area contributed by atoms with E-state index in [1.807, 2.05) is 7.05 Å². The molecule has 2 heterocycles. The number of methoxy groups -OCH3 is 1. The molecular weight excluding hydrogens is 270 g/mol. The summed E-state index contributed by atoms with van der Waals surface area (Å²) in [7, 11) is 3.24. The third kappa shape index (κ3) is 3.34. The average molecular weight is 293 g/mol. The summed E-state index contributed by atoms with van der Waals surface area (Å²) in [5.41, 5.74) is 1.11. The number of amides is 1. The Labute approximate surface area is 125 Å². The van der Waals surface area contributed by atoms with Crippen LogP contribution in [-0.2, 0) is 4.74 Å². The van der Waals surface area contributed by atoms with Crippen molar-refractivity contribution in [3.05, 3.63) is 11.9 Å². The zero-order valence-corrected chi connectivity index (χ0v) is 13.0. The Morgan fingerprint density at radius 2 is 2.24 bits per heavy atom. The first-order valence-corrected chi connectivity index (χ1v) is 7.18. The SMILES string of the molecule is CNc1ncnc(N2CCC(NC(=O)OC)C2)c1C(C)C. The van der Waals surface area contributed by atoms with Gasteiger partial charge in [-0.3, -0.25) is 0 Å². The van der Waals surface area contributed by atoms with Gasteiger partial charge >= 0.3 is 6.09 Å². The molecule has 2 N–H and O–H groups in total. The molecule has 0 aromatic carbocycles. The number of nitrogens with zero attached hydrogens (tertiary/aromatic N) is 3. The summed E-state index contributed by atoms with van der Waals surface area (Å²) in [6, 6.07) is 0.0884. The normalized spacial score (nSPS) is 18.0. The number of hydrogen-bond donors (Lipinski definition) is 2. The zero-order chi connectivity index (χ0) is 15.4. The van der Waals surface area contributed by atoms with Gasteiger partial charge in [0.25, 0.3) is 0 Å². The summed E-state index contributed by atoms with van der Waals surface area (Å²) in [6.45, 7) is 5.84. The summed E-state index contributed by atoms with van der Waals surface area (Å²) in [4.78, 5) is 22.2. The van der Waals surface area contributed by atoms with E-state index in [1.54, 1.807) is 6.33 Å². The van der Waals surface area contributed by atoms with Gasteiger partial charge in [-0.1, -0.05) is 13.8 Å². The number of anilines is 2. The van der Waals surface area contributed by atoms with E-state index in [2.05, 4.69) is 44.1 Å². The van der Waals surface area contributed by atoms with Gasteiger partial charge in [-0.2, -0.15) is 0 Å². The molecule has 1 saturated heterocycles. The maximum absolute atomic E-state index is 11.3. The molecule has 1 fully saturated rings. The Morgan fingerprint density at radius 3 is 2.86 bits per heavy atom. The second kappa shape index (κ2) is 6.60. The van der Waals surface area contributed by atoms with Crippen LogP contribution in [0, 0.1) is 0 Å². The van der Waals surface area contributed by atoms with Gasteiger partial charge in [0.15, 0.2) is 0 Å². The Bertz CT molecular complexity index is 506. The van der Waals surface area contributed by atoms with Crippen LogP contribution in [0.3, 0.4) is 0 Å². The largest absolute Gasteiger partial charge is 0.453 e. The number of nitrogens with one attached hydrogen (secondary N) is 2. The third-order valence-corrected chi connectivity index (χ3v) is 3.67. The predicted octanol–water partition coefficient (Wildman–Crippen LogP) is 1.58. The number of alkyl carbamates (subject to hydrolysis) is 1. The molecule has 1 amide bonds. The number of rotatable bonds is 4. The van der Waals surface area contributed by atoms with Crippen LogP contribution in [0.1, 0.15) is 31.7 Å². The molecule has 116 valence electrons. The van der Waals surface area contributed by atoms with E-state index in [9.17, 15) is 4.79 Å².